The molecular weight excluding hydrogens is 268 g/mol. The minimum Gasteiger partial charge on any atom is -0.345 e. The van der Waals surface area contributed by atoms with Gasteiger partial charge >= 0.3 is 0 Å². The highest BCUT2D eigenvalue weighted by molar-refractivity contribution is 9.10. The Bertz CT molecular complexity index is 440. The first-order valence-corrected chi connectivity index (χ1v) is 6.57. The Morgan fingerprint density at radius 3 is 2.81 bits per heavy atom. The van der Waals surface area contributed by atoms with Crippen molar-refractivity contribution in [3.63, 3.8) is 0 Å². The van der Waals surface area contributed by atoms with Gasteiger partial charge in [0, 0.05) is 30.3 Å². The van der Waals surface area contributed by atoms with Crippen molar-refractivity contribution in [2.45, 2.75) is 25.3 Å². The number of rotatable bonds is 1. The van der Waals surface area contributed by atoms with Gasteiger partial charge in [0.1, 0.15) is 5.69 Å². The maximum Gasteiger partial charge on any atom is 0.270 e. The summed E-state index contributed by atoms with van der Waals surface area (Å²) in [4.78, 5) is 14.4. The van der Waals surface area contributed by atoms with Crippen molar-refractivity contribution in [2.75, 3.05) is 6.54 Å². The van der Waals surface area contributed by atoms with Gasteiger partial charge in [-0.25, -0.2) is 0 Å². The Hall–Kier alpha value is -0.770. The zero-order valence-corrected chi connectivity index (χ0v) is 10.9. The Balaban J connectivity index is 1.86. The van der Waals surface area contributed by atoms with Gasteiger partial charge in [0.2, 0.25) is 0 Å². The maximum absolute atomic E-state index is 12.4. The molecule has 1 saturated heterocycles. The van der Waals surface area contributed by atoms with Gasteiger partial charge in [0.25, 0.3) is 5.91 Å². The van der Waals surface area contributed by atoms with Crippen LogP contribution >= 0.6 is 15.9 Å². The van der Waals surface area contributed by atoms with Crippen LogP contribution in [0.4, 0.5) is 0 Å². The van der Waals surface area contributed by atoms with Crippen LogP contribution in [0, 0.1) is 5.92 Å². The summed E-state index contributed by atoms with van der Waals surface area (Å²) in [6, 6.07) is 2.42. The molecule has 1 aliphatic heterocycles. The van der Waals surface area contributed by atoms with Gasteiger partial charge in [-0.1, -0.05) is 0 Å². The van der Waals surface area contributed by atoms with Gasteiger partial charge < -0.3 is 9.47 Å². The molecule has 16 heavy (non-hydrogen) atoms. The molecular formula is C12H15BrN2O. The van der Waals surface area contributed by atoms with Crippen LogP contribution in [0.15, 0.2) is 16.7 Å². The molecule has 1 aromatic heterocycles. The standard InChI is InChI=1S/C12H15BrN2O/c1-14-7-9(13)5-11(14)12(16)15-6-8-2-3-10(15)4-8/h5,7-8,10H,2-4,6H2,1H3. The second-order valence-electron chi connectivity index (χ2n) is 4.94. The third-order valence-electron chi connectivity index (χ3n) is 3.86. The van der Waals surface area contributed by atoms with E-state index in [0.717, 1.165) is 22.6 Å². The predicted octanol–water partition coefficient (Wildman–Crippen LogP) is 2.41. The average Bonchev–Trinajstić information content (AvgIpc) is 2.91. The van der Waals surface area contributed by atoms with Crippen LogP contribution in [0.25, 0.3) is 0 Å². The minimum absolute atomic E-state index is 0.195. The van der Waals surface area contributed by atoms with E-state index in [1.165, 1.54) is 19.3 Å². The van der Waals surface area contributed by atoms with E-state index in [0.29, 0.717) is 6.04 Å². The first-order valence-electron chi connectivity index (χ1n) is 5.78. The normalized spacial score (nSPS) is 27.8. The summed E-state index contributed by atoms with van der Waals surface area (Å²) in [6.07, 6.45) is 5.66. The number of likely N-dealkylation sites (tertiary alicyclic amines) is 1. The topological polar surface area (TPSA) is 25.2 Å². The third-order valence-corrected chi connectivity index (χ3v) is 4.29. The zero-order valence-electron chi connectivity index (χ0n) is 9.32. The highest BCUT2D eigenvalue weighted by atomic mass is 79.9. The molecule has 2 aliphatic rings. The summed E-state index contributed by atoms with van der Waals surface area (Å²) in [5.41, 5.74) is 0.791. The van der Waals surface area contributed by atoms with Crippen LogP contribution < -0.4 is 0 Å². The fourth-order valence-electron chi connectivity index (χ4n) is 3.06. The Kier molecular flexibility index (Phi) is 2.35. The van der Waals surface area contributed by atoms with E-state index < -0.39 is 0 Å². The molecule has 0 radical (unpaired) electrons. The summed E-state index contributed by atoms with van der Waals surface area (Å²) in [5, 5.41) is 0. The zero-order chi connectivity index (χ0) is 11.3. The quantitative estimate of drug-likeness (QED) is 0.777. The Morgan fingerprint density at radius 2 is 2.31 bits per heavy atom. The minimum atomic E-state index is 0.195. The molecule has 1 aliphatic carbocycles. The second-order valence-corrected chi connectivity index (χ2v) is 5.86. The number of nitrogens with zero attached hydrogens (tertiary/aromatic N) is 2. The number of piperidine rings is 1. The highest BCUT2D eigenvalue weighted by Crippen LogP contribution is 2.38. The monoisotopic (exact) mass is 282 g/mol. The number of carbonyl (C=O) groups is 1. The number of aromatic nitrogens is 1. The lowest BCUT2D eigenvalue weighted by Gasteiger charge is -2.27. The summed E-state index contributed by atoms with van der Waals surface area (Å²) >= 11 is 3.41. The molecule has 2 atom stereocenters. The largest absolute Gasteiger partial charge is 0.345 e. The van der Waals surface area contributed by atoms with E-state index in [2.05, 4.69) is 20.8 Å². The summed E-state index contributed by atoms with van der Waals surface area (Å²) < 4.78 is 2.88. The number of hydrogen-bond donors (Lipinski definition) is 0. The molecule has 2 fully saturated rings. The first kappa shape index (κ1) is 10.4. The number of carbonyl (C=O) groups excluding carboxylic acids is 1. The second kappa shape index (κ2) is 3.62. The number of halogens is 1. The van der Waals surface area contributed by atoms with Gasteiger partial charge in [-0.3, -0.25) is 4.79 Å². The van der Waals surface area contributed by atoms with E-state index in [9.17, 15) is 4.79 Å². The molecule has 1 saturated carbocycles. The van der Waals surface area contributed by atoms with Crippen molar-refractivity contribution < 1.29 is 4.79 Å². The van der Waals surface area contributed by atoms with Crippen LogP contribution in [0.3, 0.4) is 0 Å². The molecule has 4 heteroatoms. The van der Waals surface area contributed by atoms with Crippen LogP contribution in [-0.2, 0) is 7.05 Å². The molecule has 2 bridgehead atoms. The SMILES string of the molecule is Cn1cc(Br)cc1C(=O)N1CC2CCC1C2. The van der Waals surface area contributed by atoms with Crippen molar-refractivity contribution in [2.24, 2.45) is 13.0 Å². The summed E-state index contributed by atoms with van der Waals surface area (Å²) in [5.74, 6) is 0.957. The summed E-state index contributed by atoms with van der Waals surface area (Å²) in [7, 11) is 1.92. The molecule has 0 aromatic carbocycles. The number of aryl methyl sites for hydroxylation is 1. The average molecular weight is 283 g/mol. The smallest absolute Gasteiger partial charge is 0.270 e. The van der Waals surface area contributed by atoms with Crippen molar-refractivity contribution >= 4 is 21.8 Å². The molecule has 1 aromatic rings. The van der Waals surface area contributed by atoms with Gasteiger partial charge in [-0.05, 0) is 47.2 Å². The van der Waals surface area contributed by atoms with Gasteiger partial charge in [-0.15, -0.1) is 0 Å². The number of hydrogen-bond acceptors (Lipinski definition) is 1. The molecule has 1 amide bonds. The molecule has 2 heterocycles. The van der Waals surface area contributed by atoms with Crippen molar-refractivity contribution in [3.8, 4) is 0 Å². The van der Waals surface area contributed by atoms with Crippen molar-refractivity contribution in [1.82, 2.24) is 9.47 Å². The number of amides is 1. The molecule has 3 rings (SSSR count). The van der Waals surface area contributed by atoms with E-state index in [1.807, 2.05) is 23.9 Å². The van der Waals surface area contributed by atoms with Crippen LogP contribution in [-0.4, -0.2) is 28.0 Å². The van der Waals surface area contributed by atoms with E-state index in [-0.39, 0.29) is 5.91 Å². The maximum atomic E-state index is 12.4. The first-order chi connectivity index (χ1) is 7.65. The van der Waals surface area contributed by atoms with Gasteiger partial charge in [0.05, 0.1) is 0 Å². The van der Waals surface area contributed by atoms with Crippen LogP contribution in [0.5, 0.6) is 0 Å². The molecule has 86 valence electrons. The van der Waals surface area contributed by atoms with E-state index >= 15 is 0 Å². The Labute approximate surface area is 104 Å². The Morgan fingerprint density at radius 1 is 1.50 bits per heavy atom. The fraction of sp³-hybridized carbons (Fsp3) is 0.583. The molecule has 0 spiro atoms. The van der Waals surface area contributed by atoms with Gasteiger partial charge in [-0.2, -0.15) is 0 Å². The predicted molar refractivity (Wildman–Crippen MR) is 65.3 cm³/mol. The lowest BCUT2D eigenvalue weighted by Crippen LogP contribution is -2.38. The van der Waals surface area contributed by atoms with Gasteiger partial charge in [0.15, 0.2) is 0 Å². The van der Waals surface area contributed by atoms with E-state index in [1.54, 1.807) is 0 Å². The lowest BCUT2D eigenvalue weighted by atomic mass is 10.1. The van der Waals surface area contributed by atoms with Crippen molar-refractivity contribution in [1.29, 1.82) is 0 Å². The molecule has 2 unspecified atom stereocenters. The van der Waals surface area contributed by atoms with Crippen LogP contribution in [0.2, 0.25) is 0 Å². The van der Waals surface area contributed by atoms with E-state index in [4.69, 9.17) is 0 Å². The third kappa shape index (κ3) is 1.51. The van der Waals surface area contributed by atoms with Crippen LogP contribution in [0.1, 0.15) is 29.8 Å². The summed E-state index contributed by atoms with van der Waals surface area (Å²) in [6.45, 7) is 0.965. The highest BCUT2D eigenvalue weighted by Gasteiger charge is 2.40. The number of fused-ring (bicyclic) bond motifs is 2. The lowest BCUT2D eigenvalue weighted by molar-refractivity contribution is 0.0694. The van der Waals surface area contributed by atoms with Crippen molar-refractivity contribution in [3.05, 3.63) is 22.4 Å². The molecule has 0 N–H and O–H groups in total. The fourth-order valence-corrected chi connectivity index (χ4v) is 3.58. The molecule has 3 nitrogen and oxygen atoms in total.